The molecule has 8 heteroatoms. The second-order valence-corrected chi connectivity index (χ2v) is 8.85. The molecule has 0 aliphatic rings. The van der Waals surface area contributed by atoms with Crippen molar-refractivity contribution in [2.24, 2.45) is 0 Å². The van der Waals surface area contributed by atoms with Gasteiger partial charge in [0.2, 0.25) is 5.91 Å². The summed E-state index contributed by atoms with van der Waals surface area (Å²) in [7, 11) is 3.08. The van der Waals surface area contributed by atoms with Gasteiger partial charge in [0.15, 0.2) is 6.61 Å². The van der Waals surface area contributed by atoms with E-state index in [0.717, 1.165) is 17.5 Å². The van der Waals surface area contributed by atoms with Crippen LogP contribution in [-0.4, -0.2) is 50.1 Å². The smallest absolute Gasteiger partial charge is 0.261 e. The van der Waals surface area contributed by atoms with E-state index in [0.29, 0.717) is 35.2 Å². The Morgan fingerprint density at radius 1 is 0.919 bits per heavy atom. The zero-order chi connectivity index (χ0) is 26.6. The van der Waals surface area contributed by atoms with Crippen molar-refractivity contribution in [3.05, 3.63) is 88.9 Å². The quantitative estimate of drug-likeness (QED) is 0.344. The lowest BCUT2D eigenvalue weighted by Gasteiger charge is -2.31. The van der Waals surface area contributed by atoms with Crippen molar-refractivity contribution in [3.8, 4) is 17.2 Å². The number of ether oxygens (including phenoxy) is 3. The number of benzene rings is 3. The van der Waals surface area contributed by atoms with Crippen LogP contribution in [0.3, 0.4) is 0 Å². The Hall–Kier alpha value is -3.71. The van der Waals surface area contributed by atoms with Gasteiger partial charge in [0.05, 0.1) is 14.2 Å². The van der Waals surface area contributed by atoms with Crippen molar-refractivity contribution < 1.29 is 23.8 Å². The first-order chi connectivity index (χ1) is 17.9. The van der Waals surface area contributed by atoms with E-state index in [-0.39, 0.29) is 25.0 Å². The van der Waals surface area contributed by atoms with Crippen molar-refractivity contribution in [3.63, 3.8) is 0 Å². The molecule has 1 atom stereocenters. The standard InChI is InChI=1S/C29H33ClN2O5/c1-4-14-31-29(34)27(15-21-10-6-5-7-11-21)32(19-22-12-8-9-13-26(22)30)28(33)20-37-25-17-23(35-2)16-24(18-25)36-3/h5-13,16-18,27H,4,14-15,19-20H2,1-3H3,(H,31,34)/t27-/m0/s1. The zero-order valence-corrected chi connectivity index (χ0v) is 22.2. The molecule has 0 saturated carbocycles. The lowest BCUT2D eigenvalue weighted by Crippen LogP contribution is -2.51. The van der Waals surface area contributed by atoms with Gasteiger partial charge in [-0.2, -0.15) is 0 Å². The van der Waals surface area contributed by atoms with Gasteiger partial charge in [0.25, 0.3) is 5.91 Å². The molecule has 3 aromatic rings. The fraction of sp³-hybridized carbons (Fsp3) is 0.310. The Balaban J connectivity index is 1.91. The fourth-order valence-corrected chi connectivity index (χ4v) is 4.02. The minimum atomic E-state index is -0.763. The number of carbonyl (C=O) groups is 2. The van der Waals surface area contributed by atoms with E-state index >= 15 is 0 Å². The summed E-state index contributed by atoms with van der Waals surface area (Å²) >= 11 is 6.44. The van der Waals surface area contributed by atoms with Crippen LogP contribution in [0.1, 0.15) is 24.5 Å². The highest BCUT2D eigenvalue weighted by Crippen LogP contribution is 2.28. The number of carbonyl (C=O) groups excluding carboxylic acids is 2. The largest absolute Gasteiger partial charge is 0.496 e. The summed E-state index contributed by atoms with van der Waals surface area (Å²) < 4.78 is 16.4. The molecule has 3 rings (SSSR count). The van der Waals surface area contributed by atoms with E-state index in [1.165, 1.54) is 19.1 Å². The van der Waals surface area contributed by atoms with Gasteiger partial charge in [-0.25, -0.2) is 0 Å². The summed E-state index contributed by atoms with van der Waals surface area (Å²) in [4.78, 5) is 28.6. The van der Waals surface area contributed by atoms with Crippen molar-refractivity contribution in [1.82, 2.24) is 10.2 Å². The maximum atomic E-state index is 13.7. The molecule has 3 aromatic carbocycles. The summed E-state index contributed by atoms with van der Waals surface area (Å²) in [6.45, 7) is 2.36. The summed E-state index contributed by atoms with van der Waals surface area (Å²) in [5, 5.41) is 3.47. The number of hydrogen-bond acceptors (Lipinski definition) is 5. The van der Waals surface area contributed by atoms with Gasteiger partial charge in [0, 0.05) is 42.7 Å². The van der Waals surface area contributed by atoms with Gasteiger partial charge >= 0.3 is 0 Å². The van der Waals surface area contributed by atoms with Crippen LogP contribution in [0.15, 0.2) is 72.8 Å². The van der Waals surface area contributed by atoms with Gasteiger partial charge in [-0.05, 0) is 23.6 Å². The lowest BCUT2D eigenvalue weighted by atomic mass is 10.0. The number of methoxy groups -OCH3 is 2. The van der Waals surface area contributed by atoms with Gasteiger partial charge in [-0.1, -0.05) is 67.1 Å². The van der Waals surface area contributed by atoms with Gasteiger partial charge in [0.1, 0.15) is 23.3 Å². The Kier molecular flexibility index (Phi) is 10.6. The predicted octanol–water partition coefficient (Wildman–Crippen LogP) is 4.90. The van der Waals surface area contributed by atoms with Crippen molar-refractivity contribution in [1.29, 1.82) is 0 Å². The summed E-state index contributed by atoms with van der Waals surface area (Å²) in [6.07, 6.45) is 1.13. The molecule has 0 fully saturated rings. The Morgan fingerprint density at radius 3 is 2.16 bits per heavy atom. The van der Waals surface area contributed by atoms with E-state index in [1.54, 1.807) is 24.3 Å². The molecule has 0 aliphatic carbocycles. The van der Waals surface area contributed by atoms with Gasteiger partial charge < -0.3 is 24.4 Å². The fourth-order valence-electron chi connectivity index (χ4n) is 3.82. The number of nitrogens with one attached hydrogen (secondary N) is 1. The van der Waals surface area contributed by atoms with Crippen LogP contribution < -0.4 is 19.5 Å². The van der Waals surface area contributed by atoms with E-state index in [1.807, 2.05) is 55.5 Å². The van der Waals surface area contributed by atoms with Crippen LogP contribution in [0.4, 0.5) is 0 Å². The van der Waals surface area contributed by atoms with Crippen molar-refractivity contribution in [2.45, 2.75) is 32.4 Å². The maximum absolute atomic E-state index is 13.7. The van der Waals surface area contributed by atoms with Crippen LogP contribution in [0.5, 0.6) is 17.2 Å². The molecule has 0 heterocycles. The third-order valence-corrected chi connectivity index (χ3v) is 6.17. The topological polar surface area (TPSA) is 77.1 Å². The van der Waals surface area contributed by atoms with E-state index in [4.69, 9.17) is 25.8 Å². The molecule has 0 spiro atoms. The maximum Gasteiger partial charge on any atom is 0.261 e. The summed E-state index contributed by atoms with van der Waals surface area (Å²) in [5.74, 6) is 0.909. The Bertz CT molecular complexity index is 1150. The molecule has 37 heavy (non-hydrogen) atoms. The summed E-state index contributed by atoms with van der Waals surface area (Å²) in [6, 6.07) is 21.2. The zero-order valence-electron chi connectivity index (χ0n) is 21.4. The van der Waals surface area contributed by atoms with Crippen LogP contribution in [-0.2, 0) is 22.6 Å². The average Bonchev–Trinajstić information content (AvgIpc) is 2.93. The van der Waals surface area contributed by atoms with Crippen LogP contribution in [0.25, 0.3) is 0 Å². The molecule has 7 nitrogen and oxygen atoms in total. The van der Waals surface area contributed by atoms with Crippen molar-refractivity contribution in [2.75, 3.05) is 27.4 Å². The second-order valence-electron chi connectivity index (χ2n) is 8.45. The number of hydrogen-bond donors (Lipinski definition) is 1. The first-order valence-corrected chi connectivity index (χ1v) is 12.5. The van der Waals surface area contributed by atoms with Crippen LogP contribution in [0, 0.1) is 0 Å². The van der Waals surface area contributed by atoms with E-state index < -0.39 is 6.04 Å². The predicted molar refractivity (Wildman–Crippen MR) is 144 cm³/mol. The molecule has 0 aromatic heterocycles. The van der Waals surface area contributed by atoms with E-state index in [9.17, 15) is 9.59 Å². The van der Waals surface area contributed by atoms with Gasteiger partial charge in [-0.15, -0.1) is 0 Å². The molecule has 0 unspecified atom stereocenters. The molecule has 1 N–H and O–H groups in total. The minimum absolute atomic E-state index is 0.153. The molecule has 0 aliphatic heterocycles. The molecular weight excluding hydrogens is 492 g/mol. The normalized spacial score (nSPS) is 11.4. The molecule has 0 radical (unpaired) electrons. The highest BCUT2D eigenvalue weighted by atomic mass is 35.5. The van der Waals surface area contributed by atoms with Gasteiger partial charge in [-0.3, -0.25) is 9.59 Å². The number of nitrogens with zero attached hydrogens (tertiary/aromatic N) is 1. The average molecular weight is 525 g/mol. The summed E-state index contributed by atoms with van der Waals surface area (Å²) in [5.41, 5.74) is 1.68. The lowest BCUT2D eigenvalue weighted by molar-refractivity contribution is -0.142. The highest BCUT2D eigenvalue weighted by molar-refractivity contribution is 6.31. The number of amides is 2. The second kappa shape index (κ2) is 14.1. The monoisotopic (exact) mass is 524 g/mol. The number of halogens is 1. The SMILES string of the molecule is CCCNC(=O)[C@H](Cc1ccccc1)N(Cc1ccccc1Cl)C(=O)COc1cc(OC)cc(OC)c1. The third-order valence-electron chi connectivity index (χ3n) is 5.81. The Morgan fingerprint density at radius 2 is 1.54 bits per heavy atom. The third kappa shape index (κ3) is 8.15. The number of rotatable bonds is 13. The molecule has 196 valence electrons. The molecular formula is C29H33ClN2O5. The first-order valence-electron chi connectivity index (χ1n) is 12.2. The molecule has 0 saturated heterocycles. The minimum Gasteiger partial charge on any atom is -0.496 e. The van der Waals surface area contributed by atoms with Crippen molar-refractivity contribution >= 4 is 23.4 Å². The van der Waals surface area contributed by atoms with Crippen LogP contribution in [0.2, 0.25) is 5.02 Å². The Labute approximate surface area is 223 Å². The van der Waals surface area contributed by atoms with E-state index in [2.05, 4.69) is 5.32 Å². The molecule has 2 amide bonds. The molecule has 0 bridgehead atoms. The van der Waals surface area contributed by atoms with Crippen LogP contribution >= 0.6 is 11.6 Å². The highest BCUT2D eigenvalue weighted by Gasteiger charge is 2.31. The first kappa shape index (κ1) is 27.9.